The third-order valence-corrected chi connectivity index (χ3v) is 6.11. The monoisotopic (exact) mass is 529 g/mol. The summed E-state index contributed by atoms with van der Waals surface area (Å²) in [5.41, 5.74) is 3.69. The van der Waals surface area contributed by atoms with Crippen molar-refractivity contribution in [3.63, 3.8) is 0 Å². The number of rotatable bonds is 7. The van der Waals surface area contributed by atoms with Gasteiger partial charge in [0.2, 0.25) is 0 Å². The summed E-state index contributed by atoms with van der Waals surface area (Å²) in [6.07, 6.45) is 3.10. The molecule has 38 heavy (non-hydrogen) atoms. The van der Waals surface area contributed by atoms with Crippen LogP contribution in [0, 0.1) is 17.7 Å². The maximum Gasteiger partial charge on any atom is 0.149 e. The number of nitrogens with zero attached hydrogens (tertiary/aromatic N) is 4. The number of benzene rings is 2. The molecule has 9 heteroatoms. The number of pyridine rings is 1. The molecule has 0 saturated carbocycles. The zero-order chi connectivity index (χ0) is 26.2. The van der Waals surface area contributed by atoms with E-state index in [9.17, 15) is 4.39 Å². The summed E-state index contributed by atoms with van der Waals surface area (Å²) in [4.78, 5) is 15.5. The van der Waals surface area contributed by atoms with Crippen LogP contribution in [-0.4, -0.2) is 46.2 Å². The van der Waals surface area contributed by atoms with E-state index in [1.54, 1.807) is 30.5 Å². The Labute approximate surface area is 225 Å². The van der Waals surface area contributed by atoms with Gasteiger partial charge >= 0.3 is 0 Å². The fraction of sp³-hybridized carbons (Fsp3) is 0.207. The molecule has 0 radical (unpaired) electrons. The lowest BCUT2D eigenvalue weighted by molar-refractivity contribution is 0.0336. The van der Waals surface area contributed by atoms with Gasteiger partial charge in [0.15, 0.2) is 0 Å². The SMILES string of the molecule is Fc1cccc(COc2ccc(Nc3ncncc3C#Cc3cccc(CN4CCOCC4)n3)cc2Cl)c1. The highest BCUT2D eigenvalue weighted by molar-refractivity contribution is 6.32. The molecule has 0 aliphatic carbocycles. The number of hydrogen-bond acceptors (Lipinski definition) is 7. The second kappa shape index (κ2) is 12.5. The second-order valence-corrected chi connectivity index (χ2v) is 9.03. The fourth-order valence-electron chi connectivity index (χ4n) is 3.90. The lowest BCUT2D eigenvalue weighted by Crippen LogP contribution is -2.35. The van der Waals surface area contributed by atoms with Gasteiger partial charge in [-0.15, -0.1) is 0 Å². The van der Waals surface area contributed by atoms with Gasteiger partial charge in [0, 0.05) is 31.5 Å². The Morgan fingerprint density at radius 3 is 2.76 bits per heavy atom. The van der Waals surface area contributed by atoms with Crippen molar-refractivity contribution in [1.82, 2.24) is 19.9 Å². The van der Waals surface area contributed by atoms with Crippen LogP contribution in [0.25, 0.3) is 0 Å². The van der Waals surface area contributed by atoms with Crippen molar-refractivity contribution in [3.8, 4) is 17.6 Å². The van der Waals surface area contributed by atoms with Crippen molar-refractivity contribution >= 4 is 23.1 Å². The minimum atomic E-state index is -0.308. The molecule has 7 nitrogen and oxygen atoms in total. The van der Waals surface area contributed by atoms with Crippen molar-refractivity contribution in [1.29, 1.82) is 0 Å². The van der Waals surface area contributed by atoms with Gasteiger partial charge in [0.1, 0.15) is 36.0 Å². The largest absolute Gasteiger partial charge is 0.487 e. The quantitative estimate of drug-likeness (QED) is 0.329. The first-order valence-corrected chi connectivity index (χ1v) is 12.5. The number of aromatic nitrogens is 3. The van der Waals surface area contributed by atoms with Crippen molar-refractivity contribution in [2.24, 2.45) is 0 Å². The van der Waals surface area contributed by atoms with Crippen LogP contribution in [0.4, 0.5) is 15.9 Å². The Hall–Kier alpha value is -4.03. The zero-order valence-electron chi connectivity index (χ0n) is 20.5. The maximum atomic E-state index is 13.4. The van der Waals surface area contributed by atoms with Gasteiger partial charge in [0.05, 0.1) is 29.5 Å². The molecule has 0 bridgehead atoms. The lowest BCUT2D eigenvalue weighted by atomic mass is 10.2. The fourth-order valence-corrected chi connectivity index (χ4v) is 4.13. The lowest BCUT2D eigenvalue weighted by Gasteiger charge is -2.26. The molecule has 2 aromatic heterocycles. The van der Waals surface area contributed by atoms with Gasteiger partial charge in [0.25, 0.3) is 0 Å². The van der Waals surface area contributed by atoms with Crippen LogP contribution >= 0.6 is 11.6 Å². The number of ether oxygens (including phenoxy) is 2. The molecule has 1 N–H and O–H groups in total. The molecule has 1 aliphatic heterocycles. The van der Waals surface area contributed by atoms with E-state index >= 15 is 0 Å². The van der Waals surface area contributed by atoms with Crippen LogP contribution in [0.1, 0.15) is 22.5 Å². The van der Waals surface area contributed by atoms with E-state index in [1.165, 1.54) is 18.5 Å². The van der Waals surface area contributed by atoms with E-state index < -0.39 is 0 Å². The number of morpholine rings is 1. The first-order chi connectivity index (χ1) is 18.6. The molecule has 1 fully saturated rings. The van der Waals surface area contributed by atoms with Crippen LogP contribution in [-0.2, 0) is 17.9 Å². The summed E-state index contributed by atoms with van der Waals surface area (Å²) in [7, 11) is 0. The van der Waals surface area contributed by atoms with E-state index in [2.05, 4.69) is 32.0 Å². The first-order valence-electron chi connectivity index (χ1n) is 12.1. The van der Waals surface area contributed by atoms with Crippen molar-refractivity contribution in [2.45, 2.75) is 13.2 Å². The highest BCUT2D eigenvalue weighted by Crippen LogP contribution is 2.30. The third-order valence-electron chi connectivity index (χ3n) is 5.81. The predicted octanol–water partition coefficient (Wildman–Crippen LogP) is 5.22. The zero-order valence-corrected chi connectivity index (χ0v) is 21.3. The molecule has 0 spiro atoms. The Kier molecular flexibility index (Phi) is 8.41. The molecular weight excluding hydrogens is 505 g/mol. The summed E-state index contributed by atoms with van der Waals surface area (Å²) in [6, 6.07) is 17.4. The van der Waals surface area contributed by atoms with E-state index in [0.29, 0.717) is 39.1 Å². The third kappa shape index (κ3) is 7.05. The van der Waals surface area contributed by atoms with Crippen LogP contribution < -0.4 is 10.1 Å². The summed E-state index contributed by atoms with van der Waals surface area (Å²) in [5, 5.41) is 3.65. The molecule has 0 atom stereocenters. The van der Waals surface area contributed by atoms with Gasteiger partial charge in [-0.3, -0.25) is 4.90 Å². The van der Waals surface area contributed by atoms with Crippen LogP contribution in [0.5, 0.6) is 5.75 Å². The van der Waals surface area contributed by atoms with Crippen molar-refractivity contribution in [3.05, 3.63) is 107 Å². The second-order valence-electron chi connectivity index (χ2n) is 8.63. The molecule has 0 unspecified atom stereocenters. The van der Waals surface area contributed by atoms with Gasteiger partial charge in [-0.2, -0.15) is 0 Å². The van der Waals surface area contributed by atoms with Crippen molar-refractivity contribution in [2.75, 3.05) is 31.6 Å². The smallest absolute Gasteiger partial charge is 0.149 e. The molecule has 0 amide bonds. The highest BCUT2D eigenvalue weighted by Gasteiger charge is 2.11. The van der Waals surface area contributed by atoms with Gasteiger partial charge in [-0.05, 0) is 53.9 Å². The molecule has 1 saturated heterocycles. The van der Waals surface area contributed by atoms with Crippen LogP contribution in [0.15, 0.2) is 73.2 Å². The molecular formula is C29H25ClFN5O2. The van der Waals surface area contributed by atoms with E-state index in [4.69, 9.17) is 26.1 Å². The summed E-state index contributed by atoms with van der Waals surface area (Å²) >= 11 is 6.44. The maximum absolute atomic E-state index is 13.4. The molecule has 3 heterocycles. The predicted molar refractivity (Wildman–Crippen MR) is 144 cm³/mol. The van der Waals surface area contributed by atoms with Crippen molar-refractivity contribution < 1.29 is 13.9 Å². The first kappa shape index (κ1) is 25.6. The molecule has 1 aliphatic rings. The number of nitrogens with one attached hydrogen (secondary N) is 1. The van der Waals surface area contributed by atoms with Crippen LogP contribution in [0.2, 0.25) is 5.02 Å². The summed E-state index contributed by atoms with van der Waals surface area (Å²) < 4.78 is 24.6. The standard InChI is InChI=1S/C29H25ClFN5O2/c30-27-16-25(9-10-28(27)38-19-21-3-1-4-23(31)15-21)35-29-22(17-32-20-33-29)7-8-24-5-2-6-26(34-24)18-36-11-13-37-14-12-36/h1-6,9-10,15-17,20H,11-14,18-19H2,(H,32,33,35). The van der Waals surface area contributed by atoms with Crippen LogP contribution in [0.3, 0.4) is 0 Å². The molecule has 192 valence electrons. The van der Waals surface area contributed by atoms with Gasteiger partial charge < -0.3 is 14.8 Å². The minimum absolute atomic E-state index is 0.206. The number of halogens is 2. The Morgan fingerprint density at radius 1 is 1.05 bits per heavy atom. The van der Waals surface area contributed by atoms with E-state index in [1.807, 2.05) is 24.3 Å². The Morgan fingerprint density at radius 2 is 1.92 bits per heavy atom. The summed E-state index contributed by atoms with van der Waals surface area (Å²) in [5.74, 6) is 6.98. The molecule has 4 aromatic rings. The highest BCUT2D eigenvalue weighted by atomic mass is 35.5. The number of anilines is 2. The van der Waals surface area contributed by atoms with E-state index in [-0.39, 0.29) is 12.4 Å². The normalized spacial score (nSPS) is 13.4. The topological polar surface area (TPSA) is 72.4 Å². The number of hydrogen-bond donors (Lipinski definition) is 1. The van der Waals surface area contributed by atoms with Gasteiger partial charge in [-0.25, -0.2) is 19.3 Å². The Bertz CT molecular complexity index is 1470. The van der Waals surface area contributed by atoms with E-state index in [0.717, 1.165) is 38.5 Å². The van der Waals surface area contributed by atoms with Gasteiger partial charge in [-0.1, -0.05) is 35.7 Å². The molecule has 5 rings (SSSR count). The Balaban J connectivity index is 1.26. The molecule has 2 aromatic carbocycles. The average molecular weight is 530 g/mol. The minimum Gasteiger partial charge on any atom is -0.487 e. The summed E-state index contributed by atoms with van der Waals surface area (Å²) in [6.45, 7) is 4.27. The average Bonchev–Trinajstić information content (AvgIpc) is 2.93.